The number of hydrogen-bond donors (Lipinski definition) is 0. The van der Waals surface area contributed by atoms with Gasteiger partial charge in [-0.05, 0) is 18.2 Å². The summed E-state index contributed by atoms with van der Waals surface area (Å²) in [4.78, 5) is 24.3. The van der Waals surface area contributed by atoms with Gasteiger partial charge in [-0.15, -0.1) is 0 Å². The first-order valence-electron chi connectivity index (χ1n) is 7.12. The van der Waals surface area contributed by atoms with Crippen molar-refractivity contribution in [3.05, 3.63) is 87.8 Å². The Kier molecular flexibility index (Phi) is 3.01. The average Bonchev–Trinajstić information content (AvgIpc) is 2.81. The van der Waals surface area contributed by atoms with Gasteiger partial charge in [-0.2, -0.15) is 0 Å². The van der Waals surface area contributed by atoms with Crippen LogP contribution in [0.25, 0.3) is 17.4 Å². The predicted molar refractivity (Wildman–Crippen MR) is 86.0 cm³/mol. The third-order valence-electron chi connectivity index (χ3n) is 3.71. The molecule has 2 aliphatic heterocycles. The molecule has 2 aliphatic carbocycles. The van der Waals surface area contributed by atoms with Gasteiger partial charge >= 0.3 is 11.6 Å². The molecule has 4 heteroatoms. The van der Waals surface area contributed by atoms with E-state index < -0.39 is 11.6 Å². The van der Waals surface area contributed by atoms with Crippen LogP contribution in [0.2, 0.25) is 0 Å². The van der Waals surface area contributed by atoms with E-state index in [4.69, 9.17) is 8.84 Å². The van der Waals surface area contributed by atoms with Crippen molar-refractivity contribution in [3.8, 4) is 11.3 Å². The summed E-state index contributed by atoms with van der Waals surface area (Å²) in [6.45, 7) is 0. The van der Waals surface area contributed by atoms with Crippen molar-refractivity contribution >= 4 is 17.8 Å². The highest BCUT2D eigenvalue weighted by molar-refractivity contribution is 6.22. The molecule has 0 spiro atoms. The number of allylic oxidation sites excluding steroid dienone is 5. The zero-order valence-corrected chi connectivity index (χ0v) is 12.0. The second-order valence-electron chi connectivity index (χ2n) is 5.13. The lowest BCUT2D eigenvalue weighted by Gasteiger charge is -1.93. The van der Waals surface area contributed by atoms with Crippen LogP contribution in [-0.4, -0.2) is 11.8 Å². The van der Waals surface area contributed by atoms with Gasteiger partial charge in [-0.25, -0.2) is 4.79 Å². The summed E-state index contributed by atoms with van der Waals surface area (Å²) < 4.78 is 10.5. The van der Waals surface area contributed by atoms with Crippen molar-refractivity contribution in [2.45, 2.75) is 0 Å². The molecule has 23 heavy (non-hydrogen) atoms. The van der Waals surface area contributed by atoms with E-state index in [0.717, 1.165) is 0 Å². The minimum Gasteiger partial charge on any atom is -0.422 e. The fraction of sp³-hybridized carbons (Fsp3) is 0. The summed E-state index contributed by atoms with van der Waals surface area (Å²) in [6, 6.07) is 8.97. The van der Waals surface area contributed by atoms with Crippen LogP contribution in [0.3, 0.4) is 0 Å². The molecule has 2 heterocycles. The van der Waals surface area contributed by atoms with Crippen LogP contribution in [0.4, 0.5) is 0 Å². The van der Waals surface area contributed by atoms with Gasteiger partial charge in [0.2, 0.25) is 0 Å². The summed E-state index contributed by atoms with van der Waals surface area (Å²) in [6.07, 6.45) is 10.5. The Hall–Kier alpha value is -3.27. The highest BCUT2D eigenvalue weighted by Crippen LogP contribution is 2.29. The monoisotopic (exact) mass is 303 g/mol. The van der Waals surface area contributed by atoms with Crippen molar-refractivity contribution in [1.29, 1.82) is 0 Å². The van der Waals surface area contributed by atoms with Gasteiger partial charge in [0.25, 0.3) is 5.78 Å². The molecule has 0 aromatic carbocycles. The standard InChI is InChI=1S/C19H11O4/c20-18-14(12-7-3-1-5-9-16(12)22-18)11-15-13-8-4-2-6-10-17(13)23-19(15)21/h1-11H/q+1. The second kappa shape index (κ2) is 5.18. The van der Waals surface area contributed by atoms with Crippen LogP contribution in [0.1, 0.15) is 5.56 Å². The molecule has 4 rings (SSSR count). The van der Waals surface area contributed by atoms with Gasteiger partial charge in [0, 0.05) is 11.6 Å². The molecule has 0 unspecified atom stereocenters. The first-order valence-corrected chi connectivity index (χ1v) is 7.12. The van der Waals surface area contributed by atoms with Crippen molar-refractivity contribution < 1.29 is 13.6 Å². The fourth-order valence-electron chi connectivity index (χ4n) is 2.63. The van der Waals surface area contributed by atoms with Gasteiger partial charge in [0.1, 0.15) is 11.3 Å². The lowest BCUT2D eigenvalue weighted by molar-refractivity contribution is -0.366. The maximum Gasteiger partial charge on any atom is 0.614 e. The maximum atomic E-state index is 12.1. The first kappa shape index (κ1) is 13.4. The molecule has 4 nitrogen and oxygen atoms in total. The molecule has 0 aromatic heterocycles. The Balaban J connectivity index is 1.90. The van der Waals surface area contributed by atoms with E-state index >= 15 is 0 Å². The van der Waals surface area contributed by atoms with Crippen LogP contribution in [0.5, 0.6) is 0 Å². The number of ketones is 1. The highest BCUT2D eigenvalue weighted by atomic mass is 16.5. The molecule has 0 atom stereocenters. The summed E-state index contributed by atoms with van der Waals surface area (Å²) in [5.41, 5.74) is 1.55. The fourth-order valence-corrected chi connectivity index (χ4v) is 2.63. The van der Waals surface area contributed by atoms with Gasteiger partial charge in [0.05, 0.1) is 15.9 Å². The quantitative estimate of drug-likeness (QED) is 0.601. The molecule has 0 fully saturated rings. The zero-order valence-electron chi connectivity index (χ0n) is 12.0. The number of rotatable bonds is 1. The molecular weight excluding hydrogens is 292 g/mol. The molecule has 0 bridgehead atoms. The Bertz CT molecular complexity index is 996. The highest BCUT2D eigenvalue weighted by Gasteiger charge is 2.38. The molecule has 0 aromatic rings. The third kappa shape index (κ3) is 2.21. The Morgan fingerprint density at radius 1 is 1.00 bits per heavy atom. The predicted octanol–water partition coefficient (Wildman–Crippen LogP) is 2.83. The Labute approximate surface area is 131 Å². The molecule has 0 saturated carbocycles. The second-order valence-corrected chi connectivity index (χ2v) is 5.13. The van der Waals surface area contributed by atoms with Crippen molar-refractivity contribution in [2.75, 3.05) is 0 Å². The molecular formula is C19H11O4+. The summed E-state index contributed by atoms with van der Waals surface area (Å²) in [7, 11) is 0. The minimum absolute atomic E-state index is 0.350. The third-order valence-corrected chi connectivity index (χ3v) is 3.71. The average molecular weight is 303 g/mol. The van der Waals surface area contributed by atoms with E-state index in [-0.39, 0.29) is 0 Å². The lowest BCUT2D eigenvalue weighted by Crippen LogP contribution is -2.01. The molecule has 0 saturated heterocycles. The van der Waals surface area contributed by atoms with E-state index in [1.165, 1.54) is 0 Å². The smallest absolute Gasteiger partial charge is 0.422 e. The normalized spacial score (nSPS) is 18.1. The summed E-state index contributed by atoms with van der Waals surface area (Å²) in [5.74, 6) is 0.495. The van der Waals surface area contributed by atoms with E-state index in [2.05, 4.69) is 0 Å². The molecule has 0 radical (unpaired) electrons. The van der Waals surface area contributed by atoms with Crippen LogP contribution < -0.4 is 5.63 Å². The van der Waals surface area contributed by atoms with Crippen LogP contribution in [0.15, 0.2) is 81.1 Å². The molecule has 0 N–H and O–H groups in total. The molecule has 0 amide bonds. The van der Waals surface area contributed by atoms with Gasteiger partial charge in [-0.1, -0.05) is 42.5 Å². The number of fused-ring (bicyclic) bond motifs is 2. The minimum atomic E-state index is -0.472. The number of furan rings is 1. The van der Waals surface area contributed by atoms with Crippen molar-refractivity contribution in [3.63, 3.8) is 0 Å². The SMILES string of the molecule is O=C1[O+]=C2C=CC=CC=C2/C1=C/c1c2cccccc-2oc1=O. The topological polar surface area (TPSA) is 58.6 Å². The van der Waals surface area contributed by atoms with E-state index in [9.17, 15) is 9.59 Å². The van der Waals surface area contributed by atoms with E-state index in [1.54, 1.807) is 42.5 Å². The number of carbonyl (C=O) groups excluding carboxylic acids is 2. The first-order chi connectivity index (χ1) is 11.2. The van der Waals surface area contributed by atoms with Gasteiger partial charge in [-0.3, -0.25) is 4.42 Å². The number of hydrogen-bond acceptors (Lipinski definition) is 3. The van der Waals surface area contributed by atoms with E-state index in [0.29, 0.717) is 33.8 Å². The van der Waals surface area contributed by atoms with Gasteiger partial charge in [0.15, 0.2) is 0 Å². The Morgan fingerprint density at radius 3 is 2.78 bits per heavy atom. The largest absolute Gasteiger partial charge is 0.614 e. The van der Waals surface area contributed by atoms with Crippen LogP contribution >= 0.6 is 0 Å². The van der Waals surface area contributed by atoms with Crippen LogP contribution in [0, 0.1) is 0 Å². The van der Waals surface area contributed by atoms with Crippen molar-refractivity contribution in [2.24, 2.45) is 0 Å². The summed E-state index contributed by atoms with van der Waals surface area (Å²) in [5, 5.41) is 0. The van der Waals surface area contributed by atoms with Crippen LogP contribution in [-0.2, 0) is 9.22 Å². The van der Waals surface area contributed by atoms with E-state index in [1.807, 2.05) is 24.3 Å². The number of carbonyl (C=O) groups is 1. The molecule has 110 valence electrons. The Morgan fingerprint density at radius 2 is 1.87 bits per heavy atom. The van der Waals surface area contributed by atoms with Crippen molar-refractivity contribution in [1.82, 2.24) is 0 Å². The zero-order chi connectivity index (χ0) is 15.8. The lowest BCUT2D eigenvalue weighted by atomic mass is 10.00. The van der Waals surface area contributed by atoms with Gasteiger partial charge < -0.3 is 4.42 Å². The summed E-state index contributed by atoms with van der Waals surface area (Å²) >= 11 is 0. The molecule has 4 aliphatic rings. The maximum absolute atomic E-state index is 12.1.